The van der Waals surface area contributed by atoms with E-state index in [0.29, 0.717) is 6.61 Å². The lowest BCUT2D eigenvalue weighted by atomic mass is 9.80. The lowest BCUT2D eigenvalue weighted by molar-refractivity contribution is -0.143. The van der Waals surface area contributed by atoms with Crippen LogP contribution in [-0.2, 0) is 14.3 Å². The summed E-state index contributed by atoms with van der Waals surface area (Å²) in [6, 6.07) is 0. The van der Waals surface area contributed by atoms with E-state index < -0.39 is 0 Å². The van der Waals surface area contributed by atoms with Gasteiger partial charge in [0.05, 0.1) is 18.8 Å². The monoisotopic (exact) mass is 229 g/mol. The van der Waals surface area contributed by atoms with Gasteiger partial charge in [0, 0.05) is 13.7 Å². The molecule has 0 atom stereocenters. The molecule has 94 valence electrons. The number of unbranched alkanes of at least 4 members (excludes halogenated alkanes) is 1. The summed E-state index contributed by atoms with van der Waals surface area (Å²) in [5.74, 6) is -0.168. The summed E-state index contributed by atoms with van der Waals surface area (Å²) in [5, 5.41) is 3.11. The molecule has 0 amide bonds. The van der Waals surface area contributed by atoms with Gasteiger partial charge in [-0.1, -0.05) is 13.3 Å². The van der Waals surface area contributed by atoms with E-state index in [4.69, 9.17) is 9.47 Å². The molecule has 16 heavy (non-hydrogen) atoms. The Hall–Kier alpha value is -0.610. The molecule has 0 aromatic rings. The molecule has 0 aromatic heterocycles. The van der Waals surface area contributed by atoms with Crippen LogP contribution in [0.3, 0.4) is 0 Å². The SMILES string of the molecule is CCCCOC(=O)CNCC1(OC)CCC1. The molecule has 0 unspecified atom stereocenters. The smallest absolute Gasteiger partial charge is 0.319 e. The van der Waals surface area contributed by atoms with Crippen LogP contribution in [-0.4, -0.2) is 38.4 Å². The first-order valence-corrected chi connectivity index (χ1v) is 6.14. The molecule has 1 aliphatic carbocycles. The second-order valence-corrected chi connectivity index (χ2v) is 4.42. The van der Waals surface area contributed by atoms with E-state index in [1.807, 2.05) is 0 Å². The van der Waals surface area contributed by atoms with E-state index in [2.05, 4.69) is 12.2 Å². The van der Waals surface area contributed by atoms with Gasteiger partial charge in [0.1, 0.15) is 0 Å². The van der Waals surface area contributed by atoms with Crippen molar-refractivity contribution in [1.29, 1.82) is 0 Å². The van der Waals surface area contributed by atoms with Crippen molar-refractivity contribution in [2.24, 2.45) is 0 Å². The predicted molar refractivity (Wildman–Crippen MR) is 62.3 cm³/mol. The van der Waals surface area contributed by atoms with Gasteiger partial charge in [0.25, 0.3) is 0 Å². The van der Waals surface area contributed by atoms with E-state index >= 15 is 0 Å². The molecule has 1 rings (SSSR count). The minimum atomic E-state index is -0.168. The maximum Gasteiger partial charge on any atom is 0.319 e. The van der Waals surface area contributed by atoms with E-state index in [-0.39, 0.29) is 18.1 Å². The van der Waals surface area contributed by atoms with Crippen molar-refractivity contribution >= 4 is 5.97 Å². The molecule has 1 N–H and O–H groups in total. The van der Waals surface area contributed by atoms with Crippen molar-refractivity contribution in [1.82, 2.24) is 5.32 Å². The molecule has 4 nitrogen and oxygen atoms in total. The molecular weight excluding hydrogens is 206 g/mol. The molecule has 0 spiro atoms. The first-order chi connectivity index (χ1) is 7.72. The summed E-state index contributed by atoms with van der Waals surface area (Å²) in [6.07, 6.45) is 5.38. The van der Waals surface area contributed by atoms with E-state index in [1.54, 1.807) is 7.11 Å². The third-order valence-electron chi connectivity index (χ3n) is 3.18. The van der Waals surface area contributed by atoms with Gasteiger partial charge >= 0.3 is 5.97 Å². The zero-order chi connectivity index (χ0) is 11.9. The maximum atomic E-state index is 11.3. The number of methoxy groups -OCH3 is 1. The highest BCUT2D eigenvalue weighted by atomic mass is 16.5. The molecule has 0 radical (unpaired) electrons. The minimum absolute atomic E-state index is 0.0241. The molecule has 1 aliphatic rings. The van der Waals surface area contributed by atoms with Crippen LogP contribution in [0.15, 0.2) is 0 Å². The molecular formula is C12H23NO3. The average Bonchev–Trinajstić information content (AvgIpc) is 2.22. The third kappa shape index (κ3) is 4.10. The summed E-state index contributed by atoms with van der Waals surface area (Å²) in [6.45, 7) is 3.64. The Morgan fingerprint density at radius 1 is 1.44 bits per heavy atom. The van der Waals surface area contributed by atoms with Crippen LogP contribution in [0.4, 0.5) is 0 Å². The number of rotatable bonds is 8. The van der Waals surface area contributed by atoms with Crippen LogP contribution < -0.4 is 5.32 Å². The Morgan fingerprint density at radius 2 is 2.19 bits per heavy atom. The topological polar surface area (TPSA) is 47.6 Å². The number of nitrogens with one attached hydrogen (secondary N) is 1. The maximum absolute atomic E-state index is 11.3. The molecule has 0 bridgehead atoms. The highest BCUT2D eigenvalue weighted by Crippen LogP contribution is 2.34. The first-order valence-electron chi connectivity index (χ1n) is 6.14. The highest BCUT2D eigenvalue weighted by molar-refractivity contribution is 5.71. The number of hydrogen-bond acceptors (Lipinski definition) is 4. The van der Waals surface area contributed by atoms with Crippen LogP contribution in [0.1, 0.15) is 39.0 Å². The first kappa shape index (κ1) is 13.5. The van der Waals surface area contributed by atoms with Crippen molar-refractivity contribution in [2.75, 3.05) is 26.8 Å². The van der Waals surface area contributed by atoms with Gasteiger partial charge < -0.3 is 14.8 Å². The molecule has 0 aliphatic heterocycles. The Balaban J connectivity index is 2.03. The Labute approximate surface area is 97.7 Å². The zero-order valence-corrected chi connectivity index (χ0v) is 10.4. The fraction of sp³-hybridized carbons (Fsp3) is 0.917. The fourth-order valence-corrected chi connectivity index (χ4v) is 1.80. The quantitative estimate of drug-likeness (QED) is 0.506. The molecule has 1 saturated carbocycles. The summed E-state index contributed by atoms with van der Waals surface area (Å²) in [5.41, 5.74) is -0.0241. The normalized spacial score (nSPS) is 17.9. The van der Waals surface area contributed by atoms with Gasteiger partial charge in [-0.15, -0.1) is 0 Å². The van der Waals surface area contributed by atoms with Gasteiger partial charge in [0.15, 0.2) is 0 Å². The van der Waals surface area contributed by atoms with Crippen LogP contribution in [0.25, 0.3) is 0 Å². The molecule has 4 heteroatoms. The largest absolute Gasteiger partial charge is 0.465 e. The number of esters is 1. The number of carbonyl (C=O) groups excluding carboxylic acids is 1. The summed E-state index contributed by atoms with van der Waals surface area (Å²) < 4.78 is 10.5. The highest BCUT2D eigenvalue weighted by Gasteiger charge is 2.36. The summed E-state index contributed by atoms with van der Waals surface area (Å²) in [7, 11) is 1.74. The average molecular weight is 229 g/mol. The Bertz CT molecular complexity index is 209. The van der Waals surface area contributed by atoms with Gasteiger partial charge in [-0.05, 0) is 25.7 Å². The van der Waals surface area contributed by atoms with Crippen molar-refractivity contribution in [2.45, 2.75) is 44.6 Å². The van der Waals surface area contributed by atoms with Gasteiger partial charge in [-0.25, -0.2) is 0 Å². The Kier molecular flexibility index (Phi) is 5.77. The minimum Gasteiger partial charge on any atom is -0.465 e. The second-order valence-electron chi connectivity index (χ2n) is 4.42. The molecule has 0 aromatic carbocycles. The lowest BCUT2D eigenvalue weighted by Gasteiger charge is -2.40. The standard InChI is InChI=1S/C12H23NO3/c1-3-4-8-16-11(14)9-13-10-12(15-2)6-5-7-12/h13H,3-10H2,1-2H3. The number of hydrogen-bond donors (Lipinski definition) is 1. The van der Waals surface area contributed by atoms with Crippen LogP contribution >= 0.6 is 0 Å². The second kappa shape index (κ2) is 6.86. The van der Waals surface area contributed by atoms with Gasteiger partial charge in [-0.2, -0.15) is 0 Å². The van der Waals surface area contributed by atoms with Crippen LogP contribution in [0.5, 0.6) is 0 Å². The van der Waals surface area contributed by atoms with Gasteiger partial charge in [-0.3, -0.25) is 4.79 Å². The molecule has 1 fully saturated rings. The summed E-state index contributed by atoms with van der Waals surface area (Å²) in [4.78, 5) is 11.3. The van der Waals surface area contributed by atoms with E-state index in [1.165, 1.54) is 6.42 Å². The third-order valence-corrected chi connectivity index (χ3v) is 3.18. The van der Waals surface area contributed by atoms with E-state index in [0.717, 1.165) is 32.2 Å². The van der Waals surface area contributed by atoms with Crippen molar-refractivity contribution in [3.05, 3.63) is 0 Å². The van der Waals surface area contributed by atoms with Crippen LogP contribution in [0, 0.1) is 0 Å². The molecule has 0 saturated heterocycles. The zero-order valence-electron chi connectivity index (χ0n) is 10.4. The summed E-state index contributed by atoms with van der Waals surface area (Å²) >= 11 is 0. The fourth-order valence-electron chi connectivity index (χ4n) is 1.80. The lowest BCUT2D eigenvalue weighted by Crippen LogP contribution is -2.49. The van der Waals surface area contributed by atoms with Crippen LogP contribution in [0.2, 0.25) is 0 Å². The van der Waals surface area contributed by atoms with Crippen molar-refractivity contribution in [3.8, 4) is 0 Å². The van der Waals surface area contributed by atoms with Crippen molar-refractivity contribution in [3.63, 3.8) is 0 Å². The van der Waals surface area contributed by atoms with E-state index in [9.17, 15) is 4.79 Å². The number of carbonyl (C=O) groups is 1. The molecule has 0 heterocycles. The number of ether oxygens (including phenoxy) is 2. The predicted octanol–water partition coefficient (Wildman–Crippen LogP) is 1.49. The van der Waals surface area contributed by atoms with Gasteiger partial charge in [0.2, 0.25) is 0 Å². The van der Waals surface area contributed by atoms with Crippen molar-refractivity contribution < 1.29 is 14.3 Å². The Morgan fingerprint density at radius 3 is 2.69 bits per heavy atom.